The van der Waals surface area contributed by atoms with Gasteiger partial charge in [0.1, 0.15) is 5.56 Å². The molecule has 1 aliphatic carbocycles. The molecule has 1 unspecified atom stereocenters. The number of phenols is 1. The highest BCUT2D eigenvalue weighted by atomic mass is 16.5. The van der Waals surface area contributed by atoms with E-state index in [2.05, 4.69) is 5.32 Å². The van der Waals surface area contributed by atoms with Crippen molar-refractivity contribution < 1.29 is 24.2 Å². The molecule has 6 nitrogen and oxygen atoms in total. The van der Waals surface area contributed by atoms with E-state index < -0.39 is 12.1 Å². The zero-order valence-electron chi connectivity index (χ0n) is 14.2. The monoisotopic (exact) mass is 335 g/mol. The number of aromatic hydroxyl groups is 1. The molecule has 0 aromatic heterocycles. The number of rotatable bonds is 6. The first-order valence-electron chi connectivity index (χ1n) is 8.37. The summed E-state index contributed by atoms with van der Waals surface area (Å²) >= 11 is 0. The molecule has 0 spiro atoms. The van der Waals surface area contributed by atoms with E-state index in [9.17, 15) is 14.7 Å². The number of hydrogen-bond acceptors (Lipinski definition) is 5. The highest BCUT2D eigenvalue weighted by Crippen LogP contribution is 2.30. The lowest BCUT2D eigenvalue weighted by atomic mass is 9.89. The molecule has 1 amide bonds. The second kappa shape index (κ2) is 8.57. The minimum absolute atomic E-state index is 0.0266. The van der Waals surface area contributed by atoms with Crippen molar-refractivity contribution in [3.8, 4) is 11.5 Å². The molecule has 0 heterocycles. The molecule has 0 radical (unpaired) electrons. The SMILES string of the molecule is COc1cccc(C(=O)OC(C)C(=O)NCC2CCCCC2)c1O. The molecule has 1 aliphatic rings. The van der Waals surface area contributed by atoms with Gasteiger partial charge in [0.2, 0.25) is 0 Å². The number of esters is 1. The van der Waals surface area contributed by atoms with Crippen molar-refractivity contribution >= 4 is 11.9 Å². The smallest absolute Gasteiger partial charge is 0.342 e. The predicted molar refractivity (Wildman–Crippen MR) is 89.1 cm³/mol. The van der Waals surface area contributed by atoms with E-state index in [1.54, 1.807) is 6.07 Å². The van der Waals surface area contributed by atoms with Gasteiger partial charge < -0.3 is 19.9 Å². The average Bonchev–Trinajstić information content (AvgIpc) is 2.60. The number of phenolic OH excluding ortho intramolecular Hbond substituents is 1. The molecule has 132 valence electrons. The largest absolute Gasteiger partial charge is 0.504 e. The van der Waals surface area contributed by atoms with Gasteiger partial charge in [-0.05, 0) is 37.8 Å². The van der Waals surface area contributed by atoms with Crippen molar-refractivity contribution in [2.75, 3.05) is 13.7 Å². The second-order valence-electron chi connectivity index (χ2n) is 6.15. The van der Waals surface area contributed by atoms with Gasteiger partial charge in [-0.15, -0.1) is 0 Å². The van der Waals surface area contributed by atoms with Crippen molar-refractivity contribution in [3.05, 3.63) is 23.8 Å². The van der Waals surface area contributed by atoms with Crippen LogP contribution in [0.3, 0.4) is 0 Å². The van der Waals surface area contributed by atoms with Crippen molar-refractivity contribution in [3.63, 3.8) is 0 Å². The first kappa shape index (κ1) is 18.1. The third-order valence-electron chi connectivity index (χ3n) is 4.38. The first-order chi connectivity index (χ1) is 11.5. The molecule has 1 saturated carbocycles. The van der Waals surface area contributed by atoms with Gasteiger partial charge in [-0.1, -0.05) is 25.3 Å². The van der Waals surface area contributed by atoms with Crippen LogP contribution < -0.4 is 10.1 Å². The van der Waals surface area contributed by atoms with Crippen molar-refractivity contribution in [1.82, 2.24) is 5.32 Å². The molecule has 2 rings (SSSR count). The van der Waals surface area contributed by atoms with Gasteiger partial charge in [0.15, 0.2) is 17.6 Å². The standard InChI is InChI=1S/C18H25NO5/c1-12(17(21)19-11-13-7-4-3-5-8-13)24-18(22)14-9-6-10-15(23-2)16(14)20/h6,9-10,12-13,20H,3-5,7-8,11H2,1-2H3,(H,19,21). The molecule has 1 atom stereocenters. The average molecular weight is 335 g/mol. The summed E-state index contributed by atoms with van der Waals surface area (Å²) in [6, 6.07) is 4.53. The summed E-state index contributed by atoms with van der Waals surface area (Å²) in [4.78, 5) is 24.2. The van der Waals surface area contributed by atoms with Crippen molar-refractivity contribution in [2.45, 2.75) is 45.1 Å². The molecule has 2 N–H and O–H groups in total. The van der Waals surface area contributed by atoms with Gasteiger partial charge in [-0.3, -0.25) is 4.79 Å². The minimum Gasteiger partial charge on any atom is -0.504 e. The number of para-hydroxylation sites is 1. The van der Waals surface area contributed by atoms with E-state index in [1.165, 1.54) is 45.4 Å². The van der Waals surface area contributed by atoms with E-state index in [4.69, 9.17) is 9.47 Å². The van der Waals surface area contributed by atoms with Crippen LogP contribution in [0.5, 0.6) is 11.5 Å². The minimum atomic E-state index is -0.924. The lowest BCUT2D eigenvalue weighted by molar-refractivity contribution is -0.129. The summed E-state index contributed by atoms with van der Waals surface area (Å²) in [5.74, 6) is -0.685. The summed E-state index contributed by atoms with van der Waals surface area (Å²) in [6.07, 6.45) is 5.02. The van der Waals surface area contributed by atoms with Crippen LogP contribution in [0.1, 0.15) is 49.4 Å². The van der Waals surface area contributed by atoms with Gasteiger partial charge in [0, 0.05) is 6.54 Å². The number of ether oxygens (including phenoxy) is 2. The van der Waals surface area contributed by atoms with Gasteiger partial charge in [0.25, 0.3) is 5.91 Å². The van der Waals surface area contributed by atoms with Crippen molar-refractivity contribution in [1.29, 1.82) is 0 Å². The van der Waals surface area contributed by atoms with Crippen LogP contribution >= 0.6 is 0 Å². The Morgan fingerprint density at radius 2 is 2.00 bits per heavy atom. The van der Waals surface area contributed by atoms with Crippen LogP contribution in [0.15, 0.2) is 18.2 Å². The fraction of sp³-hybridized carbons (Fsp3) is 0.556. The van der Waals surface area contributed by atoms with E-state index in [0.717, 1.165) is 12.8 Å². The van der Waals surface area contributed by atoms with Gasteiger partial charge in [-0.25, -0.2) is 4.79 Å². The highest BCUT2D eigenvalue weighted by Gasteiger charge is 2.23. The van der Waals surface area contributed by atoms with E-state index >= 15 is 0 Å². The van der Waals surface area contributed by atoms with Gasteiger partial charge in [0.05, 0.1) is 7.11 Å². The zero-order valence-corrected chi connectivity index (χ0v) is 14.2. The molecule has 0 saturated heterocycles. The topological polar surface area (TPSA) is 84.9 Å². The lowest BCUT2D eigenvalue weighted by Gasteiger charge is -2.22. The maximum Gasteiger partial charge on any atom is 0.342 e. The second-order valence-corrected chi connectivity index (χ2v) is 6.15. The number of hydrogen-bond donors (Lipinski definition) is 2. The summed E-state index contributed by atoms with van der Waals surface area (Å²) in [5, 5.41) is 12.8. The fourth-order valence-electron chi connectivity index (χ4n) is 2.91. The fourth-order valence-corrected chi connectivity index (χ4v) is 2.91. The number of methoxy groups -OCH3 is 1. The number of carbonyl (C=O) groups excluding carboxylic acids is 2. The van der Waals surface area contributed by atoms with Crippen molar-refractivity contribution in [2.24, 2.45) is 5.92 Å². The molecular weight excluding hydrogens is 310 g/mol. The molecule has 24 heavy (non-hydrogen) atoms. The number of amides is 1. The van der Waals surface area contributed by atoms with Crippen LogP contribution in [-0.4, -0.2) is 36.7 Å². The lowest BCUT2D eigenvalue weighted by Crippen LogP contribution is -2.38. The first-order valence-corrected chi connectivity index (χ1v) is 8.37. The van der Waals surface area contributed by atoms with E-state index in [-0.39, 0.29) is 23.0 Å². The molecule has 0 bridgehead atoms. The normalized spacial score (nSPS) is 16.2. The molecule has 1 fully saturated rings. The molecular formula is C18H25NO5. The summed E-state index contributed by atoms with van der Waals surface area (Å²) in [5.41, 5.74) is -0.0266. The van der Waals surface area contributed by atoms with Crippen LogP contribution in [0, 0.1) is 5.92 Å². The van der Waals surface area contributed by atoms with Gasteiger partial charge >= 0.3 is 5.97 Å². The van der Waals surface area contributed by atoms with E-state index in [1.807, 2.05) is 0 Å². The predicted octanol–water partition coefficient (Wildman–Crippen LogP) is 2.64. The van der Waals surface area contributed by atoms with Gasteiger partial charge in [-0.2, -0.15) is 0 Å². The Hall–Kier alpha value is -2.24. The molecule has 1 aromatic carbocycles. The van der Waals surface area contributed by atoms with Crippen LogP contribution in [0.25, 0.3) is 0 Å². The number of benzene rings is 1. The molecule has 6 heteroatoms. The zero-order chi connectivity index (χ0) is 17.5. The van der Waals surface area contributed by atoms with Crippen LogP contribution in [0.2, 0.25) is 0 Å². The Labute approximate surface area is 142 Å². The maximum atomic E-state index is 12.1. The maximum absolute atomic E-state index is 12.1. The van der Waals surface area contributed by atoms with Crippen LogP contribution in [-0.2, 0) is 9.53 Å². The summed E-state index contributed by atoms with van der Waals surface area (Å²) < 4.78 is 10.1. The quantitative estimate of drug-likeness (QED) is 0.781. The summed E-state index contributed by atoms with van der Waals surface area (Å²) in [6.45, 7) is 2.14. The molecule has 0 aliphatic heterocycles. The third-order valence-corrected chi connectivity index (χ3v) is 4.38. The highest BCUT2D eigenvalue weighted by molar-refractivity contribution is 5.95. The number of carbonyl (C=O) groups is 2. The number of nitrogens with one attached hydrogen (secondary N) is 1. The van der Waals surface area contributed by atoms with E-state index in [0.29, 0.717) is 12.5 Å². The Balaban J connectivity index is 1.87. The third kappa shape index (κ3) is 4.63. The van der Waals surface area contributed by atoms with Crippen LogP contribution in [0.4, 0.5) is 0 Å². The Kier molecular flexibility index (Phi) is 6.46. The Morgan fingerprint density at radius 1 is 1.29 bits per heavy atom. The Bertz CT molecular complexity index is 581. The summed E-state index contributed by atoms with van der Waals surface area (Å²) in [7, 11) is 1.39. The Morgan fingerprint density at radius 3 is 2.67 bits per heavy atom. The molecule has 1 aromatic rings.